The van der Waals surface area contributed by atoms with Gasteiger partial charge in [-0.1, -0.05) is 73.5 Å². The van der Waals surface area contributed by atoms with E-state index in [1.54, 1.807) is 0 Å². The van der Waals surface area contributed by atoms with E-state index in [1.807, 2.05) is 0 Å². The molecule has 2 unspecified atom stereocenters. The van der Waals surface area contributed by atoms with Crippen LogP contribution in [0.1, 0.15) is 87.0 Å². The van der Waals surface area contributed by atoms with Crippen molar-refractivity contribution in [1.82, 2.24) is 0 Å². The summed E-state index contributed by atoms with van der Waals surface area (Å²) in [6.07, 6.45) is 12.8. The SMILES string of the molecule is CCCCC(C)(C=CC(C)(CC)CC(C)C)CC. The van der Waals surface area contributed by atoms with Gasteiger partial charge in [-0.25, -0.2) is 0 Å². The van der Waals surface area contributed by atoms with Gasteiger partial charge in [0.25, 0.3) is 0 Å². The van der Waals surface area contributed by atoms with Crippen LogP contribution in [-0.4, -0.2) is 0 Å². The maximum absolute atomic E-state index is 2.52. The summed E-state index contributed by atoms with van der Waals surface area (Å²) in [6, 6.07) is 0. The molecule has 0 nitrogen and oxygen atoms in total. The molecular weight excluding hydrogens is 216 g/mol. The largest absolute Gasteiger partial charge is 0.0820 e. The Bertz CT molecular complexity index is 238. The first-order valence-corrected chi connectivity index (χ1v) is 8.01. The molecule has 108 valence electrons. The Kier molecular flexibility index (Phi) is 7.90. The normalized spacial score (nSPS) is 19.1. The molecule has 0 radical (unpaired) electrons. The van der Waals surface area contributed by atoms with Gasteiger partial charge in [-0.2, -0.15) is 0 Å². The monoisotopic (exact) mass is 252 g/mol. The van der Waals surface area contributed by atoms with Crippen LogP contribution in [0.25, 0.3) is 0 Å². The van der Waals surface area contributed by atoms with Crippen molar-refractivity contribution in [3.63, 3.8) is 0 Å². The molecule has 0 rings (SSSR count). The molecule has 0 heterocycles. The second-order valence-electron chi connectivity index (χ2n) is 7.05. The van der Waals surface area contributed by atoms with Gasteiger partial charge in [0.2, 0.25) is 0 Å². The van der Waals surface area contributed by atoms with Crippen molar-refractivity contribution in [1.29, 1.82) is 0 Å². The first-order chi connectivity index (χ1) is 8.31. The summed E-state index contributed by atoms with van der Waals surface area (Å²) in [6.45, 7) is 16.4. The molecule has 18 heavy (non-hydrogen) atoms. The summed E-state index contributed by atoms with van der Waals surface area (Å²) >= 11 is 0. The summed E-state index contributed by atoms with van der Waals surface area (Å²) in [5.74, 6) is 0.781. The molecule has 0 aromatic carbocycles. The van der Waals surface area contributed by atoms with Crippen LogP contribution in [0.15, 0.2) is 12.2 Å². The average Bonchev–Trinajstić information content (AvgIpc) is 2.33. The molecule has 0 aliphatic carbocycles. The van der Waals surface area contributed by atoms with Gasteiger partial charge in [0.05, 0.1) is 0 Å². The van der Waals surface area contributed by atoms with E-state index < -0.39 is 0 Å². The van der Waals surface area contributed by atoms with Crippen LogP contribution in [0.2, 0.25) is 0 Å². The molecule has 0 spiro atoms. The van der Waals surface area contributed by atoms with Crippen LogP contribution in [0.4, 0.5) is 0 Å². The smallest absolute Gasteiger partial charge is 0.0147 e. The highest BCUT2D eigenvalue weighted by Crippen LogP contribution is 2.36. The predicted octanol–water partition coefficient (Wildman–Crippen LogP) is 6.61. The molecule has 0 aromatic heterocycles. The fraction of sp³-hybridized carbons (Fsp3) is 0.889. The van der Waals surface area contributed by atoms with Gasteiger partial charge in [0.15, 0.2) is 0 Å². The van der Waals surface area contributed by atoms with E-state index in [9.17, 15) is 0 Å². The third kappa shape index (κ3) is 6.61. The van der Waals surface area contributed by atoms with E-state index in [0.29, 0.717) is 10.8 Å². The first-order valence-electron chi connectivity index (χ1n) is 8.01. The topological polar surface area (TPSA) is 0 Å². The third-order valence-electron chi connectivity index (χ3n) is 4.48. The lowest BCUT2D eigenvalue weighted by atomic mass is 9.75. The Labute approximate surface area is 116 Å². The van der Waals surface area contributed by atoms with Crippen molar-refractivity contribution in [2.24, 2.45) is 16.7 Å². The molecule has 0 saturated heterocycles. The Balaban J connectivity index is 4.72. The zero-order valence-electron chi connectivity index (χ0n) is 14.0. The van der Waals surface area contributed by atoms with Gasteiger partial charge < -0.3 is 0 Å². The van der Waals surface area contributed by atoms with Gasteiger partial charge >= 0.3 is 0 Å². The lowest BCUT2D eigenvalue weighted by molar-refractivity contribution is 0.309. The van der Waals surface area contributed by atoms with E-state index >= 15 is 0 Å². The fourth-order valence-electron chi connectivity index (χ4n) is 2.62. The lowest BCUT2D eigenvalue weighted by Crippen LogP contribution is -2.18. The molecular formula is C18H36. The predicted molar refractivity (Wildman–Crippen MR) is 84.9 cm³/mol. The van der Waals surface area contributed by atoms with Gasteiger partial charge in [0.1, 0.15) is 0 Å². The maximum atomic E-state index is 2.52. The van der Waals surface area contributed by atoms with E-state index in [1.165, 1.54) is 38.5 Å². The zero-order valence-corrected chi connectivity index (χ0v) is 14.0. The van der Waals surface area contributed by atoms with E-state index in [-0.39, 0.29) is 0 Å². The van der Waals surface area contributed by atoms with Crippen LogP contribution in [0, 0.1) is 16.7 Å². The van der Waals surface area contributed by atoms with Crippen LogP contribution >= 0.6 is 0 Å². The van der Waals surface area contributed by atoms with Crippen LogP contribution < -0.4 is 0 Å². The number of hydrogen-bond acceptors (Lipinski definition) is 0. The Morgan fingerprint density at radius 2 is 1.39 bits per heavy atom. The number of hydrogen-bond donors (Lipinski definition) is 0. The minimum absolute atomic E-state index is 0.386. The second-order valence-corrected chi connectivity index (χ2v) is 7.05. The Morgan fingerprint density at radius 3 is 1.78 bits per heavy atom. The van der Waals surface area contributed by atoms with E-state index in [0.717, 1.165) is 5.92 Å². The third-order valence-corrected chi connectivity index (χ3v) is 4.48. The van der Waals surface area contributed by atoms with Crippen molar-refractivity contribution >= 4 is 0 Å². The molecule has 0 aromatic rings. The van der Waals surface area contributed by atoms with Crippen molar-refractivity contribution < 1.29 is 0 Å². The van der Waals surface area contributed by atoms with Gasteiger partial charge in [-0.05, 0) is 42.4 Å². The summed E-state index contributed by atoms with van der Waals surface area (Å²) < 4.78 is 0. The van der Waals surface area contributed by atoms with E-state index in [4.69, 9.17) is 0 Å². The quantitative estimate of drug-likeness (QED) is 0.405. The number of rotatable bonds is 9. The summed E-state index contributed by atoms with van der Waals surface area (Å²) in [5, 5.41) is 0. The van der Waals surface area contributed by atoms with Crippen molar-refractivity contribution in [3.05, 3.63) is 12.2 Å². The molecule has 2 atom stereocenters. The summed E-state index contributed by atoms with van der Waals surface area (Å²) in [4.78, 5) is 0. The molecule has 0 saturated carbocycles. The molecule has 0 aliphatic rings. The molecule has 0 N–H and O–H groups in total. The molecule has 0 heteroatoms. The van der Waals surface area contributed by atoms with E-state index in [2.05, 4.69) is 60.6 Å². The second kappa shape index (κ2) is 8.02. The molecule has 0 aliphatic heterocycles. The highest BCUT2D eigenvalue weighted by Gasteiger charge is 2.23. The average molecular weight is 252 g/mol. The van der Waals surface area contributed by atoms with Gasteiger partial charge in [-0.15, -0.1) is 0 Å². The zero-order chi connectivity index (χ0) is 14.2. The van der Waals surface area contributed by atoms with Crippen LogP contribution in [-0.2, 0) is 0 Å². The highest BCUT2D eigenvalue weighted by molar-refractivity contribution is 5.04. The minimum atomic E-state index is 0.386. The van der Waals surface area contributed by atoms with Gasteiger partial charge in [-0.3, -0.25) is 0 Å². The molecule has 0 bridgehead atoms. The number of unbranched alkanes of at least 4 members (excludes halogenated alkanes) is 1. The molecule has 0 amide bonds. The summed E-state index contributed by atoms with van der Waals surface area (Å²) in [5.41, 5.74) is 0.792. The fourth-order valence-corrected chi connectivity index (χ4v) is 2.62. The summed E-state index contributed by atoms with van der Waals surface area (Å²) in [7, 11) is 0. The van der Waals surface area contributed by atoms with Gasteiger partial charge in [0, 0.05) is 0 Å². The Morgan fingerprint density at radius 1 is 0.889 bits per heavy atom. The standard InChI is InChI=1S/C18H36/c1-8-11-12-17(6,9-2)13-14-18(7,10-3)15-16(4)5/h13-14,16H,8-12,15H2,1-7H3. The van der Waals surface area contributed by atoms with Crippen molar-refractivity contribution in [3.8, 4) is 0 Å². The minimum Gasteiger partial charge on any atom is -0.0820 e. The van der Waals surface area contributed by atoms with Crippen LogP contribution in [0.5, 0.6) is 0 Å². The highest BCUT2D eigenvalue weighted by atomic mass is 14.3. The Hall–Kier alpha value is -0.260. The first kappa shape index (κ1) is 17.7. The van der Waals surface area contributed by atoms with Crippen molar-refractivity contribution in [2.75, 3.05) is 0 Å². The maximum Gasteiger partial charge on any atom is -0.0147 e. The molecule has 0 fully saturated rings. The number of allylic oxidation sites excluding steroid dienone is 2. The van der Waals surface area contributed by atoms with Crippen LogP contribution in [0.3, 0.4) is 0 Å². The van der Waals surface area contributed by atoms with Crippen molar-refractivity contribution in [2.45, 2.75) is 87.0 Å². The lowest BCUT2D eigenvalue weighted by Gasteiger charge is -2.30.